The van der Waals surface area contributed by atoms with Gasteiger partial charge in [0.25, 0.3) is 0 Å². The maximum absolute atomic E-state index is 13.2. The van der Waals surface area contributed by atoms with Crippen LogP contribution in [0.4, 0.5) is 24.9 Å². The van der Waals surface area contributed by atoms with E-state index >= 15 is 0 Å². The lowest BCUT2D eigenvalue weighted by Crippen LogP contribution is -2.36. The molecule has 0 unspecified atom stereocenters. The van der Waals surface area contributed by atoms with Crippen molar-refractivity contribution in [2.75, 3.05) is 29.4 Å². The molecule has 1 amide bonds. The van der Waals surface area contributed by atoms with Crippen LogP contribution in [0.1, 0.15) is 36.3 Å². The summed E-state index contributed by atoms with van der Waals surface area (Å²) in [5, 5.41) is 8.04. The van der Waals surface area contributed by atoms with Gasteiger partial charge in [-0.2, -0.15) is 18.2 Å². The Balaban J connectivity index is 1.52. The number of nitrogens with zero attached hydrogens (tertiary/aromatic N) is 7. The number of aryl methyl sites for hydroxylation is 1. The van der Waals surface area contributed by atoms with Gasteiger partial charge in [0, 0.05) is 31.1 Å². The summed E-state index contributed by atoms with van der Waals surface area (Å²) in [5.74, 6) is -0.132. The molecule has 3 aromatic heterocycles. The molecule has 1 saturated heterocycles. The molecule has 9 nitrogen and oxygen atoms in total. The van der Waals surface area contributed by atoms with E-state index in [1.807, 2.05) is 9.80 Å². The molecule has 33 heavy (non-hydrogen) atoms. The van der Waals surface area contributed by atoms with E-state index in [2.05, 4.69) is 23.2 Å². The van der Waals surface area contributed by atoms with Crippen molar-refractivity contribution in [3.8, 4) is 0 Å². The molecule has 3 aromatic rings. The Hall–Kier alpha value is -2.96. The standard InChI is InChI=1S/C20H23F3N8OS/c1-2-3-12-8-13-16(29-6-7-31-14(10-29)27-28-18(31)20(21,22)23)25-19(26-17(13)33-12)30-5-4-11(9-30)15(24)32/h8,11H,2-7,9-10H2,1H3,(H2,24,32)/t11-/m0/s1. The van der Waals surface area contributed by atoms with E-state index in [-0.39, 0.29) is 30.7 Å². The van der Waals surface area contributed by atoms with Crippen LogP contribution in [0.25, 0.3) is 10.2 Å². The van der Waals surface area contributed by atoms with Gasteiger partial charge >= 0.3 is 6.18 Å². The summed E-state index contributed by atoms with van der Waals surface area (Å²) in [6, 6.07) is 2.07. The van der Waals surface area contributed by atoms with Crippen molar-refractivity contribution >= 4 is 39.2 Å². The Morgan fingerprint density at radius 1 is 1.21 bits per heavy atom. The quantitative estimate of drug-likeness (QED) is 0.598. The number of hydrogen-bond donors (Lipinski definition) is 1. The maximum atomic E-state index is 13.2. The van der Waals surface area contributed by atoms with Gasteiger partial charge in [-0.05, 0) is 18.9 Å². The average molecular weight is 481 g/mol. The minimum atomic E-state index is -4.54. The lowest BCUT2D eigenvalue weighted by atomic mass is 10.1. The first-order valence-electron chi connectivity index (χ1n) is 10.8. The third-order valence-electron chi connectivity index (χ3n) is 6.09. The fourth-order valence-corrected chi connectivity index (χ4v) is 5.54. The van der Waals surface area contributed by atoms with E-state index in [0.29, 0.717) is 37.8 Å². The fraction of sp³-hybridized carbons (Fsp3) is 0.550. The Labute approximate surface area is 191 Å². The minimum Gasteiger partial charge on any atom is -0.369 e. The average Bonchev–Trinajstić information content (AvgIpc) is 3.49. The molecular weight excluding hydrogens is 457 g/mol. The Bertz CT molecular complexity index is 1210. The van der Waals surface area contributed by atoms with Gasteiger partial charge in [-0.25, -0.2) is 4.98 Å². The molecule has 0 aromatic carbocycles. The zero-order chi connectivity index (χ0) is 23.3. The number of anilines is 2. The first kappa shape index (κ1) is 21.9. The molecule has 0 aliphatic carbocycles. The van der Waals surface area contributed by atoms with Crippen LogP contribution in [0.2, 0.25) is 0 Å². The molecular formula is C20H23F3N8OS. The first-order chi connectivity index (χ1) is 15.7. The van der Waals surface area contributed by atoms with E-state index in [1.54, 1.807) is 11.3 Å². The van der Waals surface area contributed by atoms with Gasteiger partial charge in [-0.15, -0.1) is 21.5 Å². The highest BCUT2D eigenvalue weighted by Crippen LogP contribution is 2.36. The van der Waals surface area contributed by atoms with Crippen molar-refractivity contribution in [2.45, 2.75) is 45.5 Å². The Kier molecular flexibility index (Phi) is 5.38. The number of amides is 1. The molecule has 1 atom stereocenters. The first-order valence-corrected chi connectivity index (χ1v) is 11.6. The number of fused-ring (bicyclic) bond motifs is 2. The van der Waals surface area contributed by atoms with E-state index in [0.717, 1.165) is 27.6 Å². The number of hydrogen-bond acceptors (Lipinski definition) is 8. The van der Waals surface area contributed by atoms with Crippen molar-refractivity contribution in [3.05, 3.63) is 22.6 Å². The van der Waals surface area contributed by atoms with Crippen LogP contribution < -0.4 is 15.5 Å². The zero-order valence-electron chi connectivity index (χ0n) is 18.0. The second-order valence-electron chi connectivity index (χ2n) is 8.37. The number of nitrogens with two attached hydrogens (primary N) is 1. The summed E-state index contributed by atoms with van der Waals surface area (Å²) in [6.07, 6.45) is -2.00. The number of alkyl halides is 3. The summed E-state index contributed by atoms with van der Waals surface area (Å²) in [5.41, 5.74) is 5.48. The van der Waals surface area contributed by atoms with Crippen LogP contribution in [-0.4, -0.2) is 50.3 Å². The normalized spacial score (nSPS) is 18.8. The monoisotopic (exact) mass is 480 g/mol. The largest absolute Gasteiger partial charge is 0.451 e. The number of primary amides is 1. The predicted molar refractivity (Wildman–Crippen MR) is 117 cm³/mol. The number of halogens is 3. The van der Waals surface area contributed by atoms with Crippen LogP contribution in [0.5, 0.6) is 0 Å². The highest BCUT2D eigenvalue weighted by molar-refractivity contribution is 7.18. The lowest BCUT2D eigenvalue weighted by molar-refractivity contribution is -0.147. The number of rotatable bonds is 5. The number of aromatic nitrogens is 5. The van der Waals surface area contributed by atoms with Gasteiger partial charge in [0.05, 0.1) is 17.8 Å². The SMILES string of the molecule is CCCc1cc2c(N3CCn4c(nnc4C(F)(F)F)C3)nc(N3CC[C@H](C(N)=O)C3)nc2s1. The topological polar surface area (TPSA) is 106 Å². The van der Waals surface area contributed by atoms with Crippen LogP contribution in [-0.2, 0) is 30.5 Å². The molecule has 1 fully saturated rings. The number of carbonyl (C=O) groups is 1. The van der Waals surface area contributed by atoms with Gasteiger partial charge in [0.1, 0.15) is 10.6 Å². The summed E-state index contributed by atoms with van der Waals surface area (Å²) < 4.78 is 40.8. The highest BCUT2D eigenvalue weighted by Gasteiger charge is 2.40. The molecule has 2 aliphatic rings. The maximum Gasteiger partial charge on any atom is 0.451 e. The van der Waals surface area contributed by atoms with Crippen molar-refractivity contribution in [1.29, 1.82) is 0 Å². The van der Waals surface area contributed by atoms with Crippen molar-refractivity contribution in [2.24, 2.45) is 11.7 Å². The molecule has 176 valence electrons. The molecule has 0 radical (unpaired) electrons. The minimum absolute atomic E-state index is 0.109. The fourth-order valence-electron chi connectivity index (χ4n) is 4.42. The second kappa shape index (κ2) is 8.12. The van der Waals surface area contributed by atoms with Crippen molar-refractivity contribution in [3.63, 3.8) is 0 Å². The van der Waals surface area contributed by atoms with Crippen LogP contribution in [0, 0.1) is 5.92 Å². The van der Waals surface area contributed by atoms with Crippen LogP contribution in [0.3, 0.4) is 0 Å². The van der Waals surface area contributed by atoms with Crippen LogP contribution in [0.15, 0.2) is 6.07 Å². The second-order valence-corrected chi connectivity index (χ2v) is 9.49. The van der Waals surface area contributed by atoms with Gasteiger partial charge in [0.2, 0.25) is 17.7 Å². The summed E-state index contributed by atoms with van der Waals surface area (Å²) in [7, 11) is 0. The van der Waals surface area contributed by atoms with Gasteiger partial charge in [-0.1, -0.05) is 13.3 Å². The highest BCUT2D eigenvalue weighted by atomic mass is 32.1. The molecule has 0 saturated carbocycles. The summed E-state index contributed by atoms with van der Waals surface area (Å²) in [6.45, 7) is 3.79. The van der Waals surface area contributed by atoms with Gasteiger partial charge < -0.3 is 20.1 Å². The molecule has 13 heteroatoms. The number of carbonyl (C=O) groups excluding carboxylic acids is 1. The predicted octanol–water partition coefficient (Wildman–Crippen LogP) is 2.59. The molecule has 2 N–H and O–H groups in total. The van der Waals surface area contributed by atoms with E-state index < -0.39 is 12.0 Å². The Morgan fingerprint density at radius 2 is 2.03 bits per heavy atom. The summed E-state index contributed by atoms with van der Waals surface area (Å²) in [4.78, 5) is 27.1. The van der Waals surface area contributed by atoms with Crippen LogP contribution >= 0.6 is 11.3 Å². The molecule has 0 spiro atoms. The van der Waals surface area contributed by atoms with E-state index in [4.69, 9.17) is 15.7 Å². The van der Waals surface area contributed by atoms with Gasteiger partial charge in [0.15, 0.2) is 5.82 Å². The lowest BCUT2D eigenvalue weighted by Gasteiger charge is -2.30. The molecule has 2 aliphatic heterocycles. The van der Waals surface area contributed by atoms with Crippen molar-refractivity contribution in [1.82, 2.24) is 24.7 Å². The molecule has 5 rings (SSSR count). The van der Waals surface area contributed by atoms with E-state index in [1.165, 1.54) is 4.88 Å². The molecule has 5 heterocycles. The zero-order valence-corrected chi connectivity index (χ0v) is 18.8. The number of thiophene rings is 1. The Morgan fingerprint density at radius 3 is 2.73 bits per heavy atom. The summed E-state index contributed by atoms with van der Waals surface area (Å²) >= 11 is 1.60. The van der Waals surface area contributed by atoms with E-state index in [9.17, 15) is 18.0 Å². The van der Waals surface area contributed by atoms with Gasteiger partial charge in [-0.3, -0.25) is 4.79 Å². The molecule has 0 bridgehead atoms. The third kappa shape index (κ3) is 3.98. The smallest absolute Gasteiger partial charge is 0.369 e. The third-order valence-corrected chi connectivity index (χ3v) is 7.18. The van der Waals surface area contributed by atoms with Crippen molar-refractivity contribution < 1.29 is 18.0 Å².